The number of para-hydroxylation sites is 1. The van der Waals surface area contributed by atoms with E-state index in [1.54, 1.807) is 0 Å². The molecule has 0 radical (unpaired) electrons. The molecule has 0 amide bonds. The maximum absolute atomic E-state index is 6.36. The van der Waals surface area contributed by atoms with E-state index in [1.807, 2.05) is 42.1 Å². The highest BCUT2D eigenvalue weighted by Gasteiger charge is 2.27. The summed E-state index contributed by atoms with van der Waals surface area (Å²) in [4.78, 5) is 0. The van der Waals surface area contributed by atoms with Crippen molar-refractivity contribution in [2.75, 3.05) is 6.61 Å². The fourth-order valence-electron chi connectivity index (χ4n) is 2.30. The Morgan fingerprint density at radius 3 is 2.70 bits per heavy atom. The van der Waals surface area contributed by atoms with E-state index >= 15 is 0 Å². The number of hydrogen-bond acceptors (Lipinski definition) is 3. The first-order chi connectivity index (χ1) is 9.74. The van der Waals surface area contributed by atoms with Crippen LogP contribution in [-0.2, 0) is 5.75 Å². The van der Waals surface area contributed by atoms with Crippen molar-refractivity contribution in [2.45, 2.75) is 17.0 Å². The number of rotatable bonds is 3. The molecular formula is C16H16ClNOS. The molecule has 2 aromatic rings. The van der Waals surface area contributed by atoms with E-state index in [-0.39, 0.29) is 11.3 Å². The van der Waals surface area contributed by atoms with E-state index in [9.17, 15) is 0 Å². The van der Waals surface area contributed by atoms with Gasteiger partial charge in [0.2, 0.25) is 0 Å². The molecule has 1 aliphatic rings. The lowest BCUT2D eigenvalue weighted by Gasteiger charge is -2.30. The molecule has 20 heavy (non-hydrogen) atoms. The number of fused-ring (bicyclic) bond motifs is 1. The Morgan fingerprint density at radius 2 is 1.90 bits per heavy atom. The maximum atomic E-state index is 6.36. The summed E-state index contributed by atoms with van der Waals surface area (Å²) in [7, 11) is 0. The average molecular weight is 306 g/mol. The monoisotopic (exact) mass is 305 g/mol. The molecule has 104 valence electrons. The molecular weight excluding hydrogens is 290 g/mol. The first-order valence-corrected chi connectivity index (χ1v) is 8.00. The fraction of sp³-hybridized carbons (Fsp3) is 0.250. The van der Waals surface area contributed by atoms with Crippen LogP contribution >= 0.6 is 23.4 Å². The number of nitrogens with two attached hydrogens (primary N) is 1. The second-order valence-electron chi connectivity index (χ2n) is 4.85. The topological polar surface area (TPSA) is 35.2 Å². The van der Waals surface area contributed by atoms with Gasteiger partial charge in [-0.05, 0) is 23.8 Å². The van der Waals surface area contributed by atoms with Gasteiger partial charge in [-0.15, -0.1) is 11.8 Å². The minimum absolute atomic E-state index is 0.0252. The van der Waals surface area contributed by atoms with Crippen molar-refractivity contribution in [1.82, 2.24) is 0 Å². The quantitative estimate of drug-likeness (QED) is 0.929. The Kier molecular flexibility index (Phi) is 4.20. The van der Waals surface area contributed by atoms with Crippen LogP contribution in [0.4, 0.5) is 0 Å². The van der Waals surface area contributed by atoms with Crippen molar-refractivity contribution in [3.8, 4) is 5.75 Å². The number of ether oxygens (including phenoxy) is 1. The van der Waals surface area contributed by atoms with Crippen LogP contribution < -0.4 is 10.5 Å². The lowest BCUT2D eigenvalue weighted by atomic mass is 10.0. The zero-order valence-electron chi connectivity index (χ0n) is 11.0. The Labute approximate surface area is 128 Å². The highest BCUT2D eigenvalue weighted by atomic mass is 35.5. The van der Waals surface area contributed by atoms with E-state index in [0.717, 1.165) is 22.1 Å². The summed E-state index contributed by atoms with van der Waals surface area (Å²) < 4.78 is 5.79. The van der Waals surface area contributed by atoms with Crippen molar-refractivity contribution >= 4 is 23.4 Å². The number of benzene rings is 2. The summed E-state index contributed by atoms with van der Waals surface area (Å²) in [6.07, 6.45) is 0. The number of thioether (sulfide) groups is 1. The molecule has 3 rings (SSSR count). The van der Waals surface area contributed by atoms with Crippen molar-refractivity contribution in [2.24, 2.45) is 5.73 Å². The average Bonchev–Trinajstić information content (AvgIpc) is 2.49. The van der Waals surface area contributed by atoms with Crippen LogP contribution in [0.3, 0.4) is 0 Å². The van der Waals surface area contributed by atoms with Gasteiger partial charge in [0.15, 0.2) is 0 Å². The summed E-state index contributed by atoms with van der Waals surface area (Å²) in [5.74, 6) is 1.84. The third-order valence-corrected chi connectivity index (χ3v) is 5.07. The molecule has 0 aliphatic carbocycles. The van der Waals surface area contributed by atoms with Crippen molar-refractivity contribution in [3.63, 3.8) is 0 Å². The molecule has 2 nitrogen and oxygen atoms in total. The Hall–Kier alpha value is -1.16. The molecule has 2 atom stereocenters. The molecule has 0 spiro atoms. The zero-order chi connectivity index (χ0) is 13.9. The van der Waals surface area contributed by atoms with Crippen LogP contribution in [-0.4, -0.2) is 11.9 Å². The highest BCUT2D eigenvalue weighted by Crippen LogP contribution is 2.36. The molecule has 0 saturated heterocycles. The van der Waals surface area contributed by atoms with E-state index in [2.05, 4.69) is 18.2 Å². The number of hydrogen-bond donors (Lipinski definition) is 1. The van der Waals surface area contributed by atoms with E-state index in [0.29, 0.717) is 6.61 Å². The van der Waals surface area contributed by atoms with Gasteiger partial charge in [-0.2, -0.15) is 0 Å². The molecule has 4 heteroatoms. The van der Waals surface area contributed by atoms with Crippen LogP contribution in [0, 0.1) is 0 Å². The Bertz CT molecular complexity index is 587. The molecule has 1 aliphatic heterocycles. The van der Waals surface area contributed by atoms with Crippen molar-refractivity contribution in [3.05, 3.63) is 64.7 Å². The smallest absolute Gasteiger partial charge is 0.124 e. The summed E-state index contributed by atoms with van der Waals surface area (Å²) in [5.41, 5.74) is 8.72. The lowest BCUT2D eigenvalue weighted by molar-refractivity contribution is 0.276. The fourth-order valence-corrected chi connectivity index (χ4v) is 3.54. The van der Waals surface area contributed by atoms with Gasteiger partial charge < -0.3 is 10.5 Å². The molecule has 2 aromatic carbocycles. The predicted molar refractivity (Wildman–Crippen MR) is 85.4 cm³/mol. The Balaban J connectivity index is 1.66. The number of halogens is 1. The van der Waals surface area contributed by atoms with E-state index < -0.39 is 0 Å². The van der Waals surface area contributed by atoms with Gasteiger partial charge in [-0.1, -0.05) is 41.9 Å². The lowest BCUT2D eigenvalue weighted by Crippen LogP contribution is -2.33. The third kappa shape index (κ3) is 2.95. The van der Waals surface area contributed by atoms with Crippen molar-refractivity contribution < 1.29 is 4.74 Å². The minimum Gasteiger partial charge on any atom is -0.492 e. The van der Waals surface area contributed by atoms with Gasteiger partial charge in [0.25, 0.3) is 0 Å². The van der Waals surface area contributed by atoms with Crippen LogP contribution in [0.15, 0.2) is 48.5 Å². The molecule has 1 heterocycles. The Morgan fingerprint density at radius 1 is 1.15 bits per heavy atom. The largest absolute Gasteiger partial charge is 0.492 e. The zero-order valence-corrected chi connectivity index (χ0v) is 12.5. The second-order valence-corrected chi connectivity index (χ2v) is 6.51. The van der Waals surface area contributed by atoms with Gasteiger partial charge in [-0.3, -0.25) is 0 Å². The van der Waals surface area contributed by atoms with Crippen LogP contribution in [0.5, 0.6) is 5.75 Å². The minimum atomic E-state index is 0.0252. The van der Waals surface area contributed by atoms with Gasteiger partial charge in [-0.25, -0.2) is 0 Å². The normalized spacial score (nSPS) is 21.1. The van der Waals surface area contributed by atoms with Gasteiger partial charge >= 0.3 is 0 Å². The summed E-state index contributed by atoms with van der Waals surface area (Å²) in [5, 5.41) is 1.05. The highest BCUT2D eigenvalue weighted by molar-refractivity contribution is 7.99. The van der Waals surface area contributed by atoms with Gasteiger partial charge in [0, 0.05) is 22.4 Å². The first kappa shape index (κ1) is 13.8. The van der Waals surface area contributed by atoms with Crippen LogP contribution in [0.2, 0.25) is 5.02 Å². The molecule has 0 fully saturated rings. The summed E-state index contributed by atoms with van der Waals surface area (Å²) in [6, 6.07) is 16.0. The SMILES string of the molecule is NC1c2ccccc2OCC1SCc1ccc(Cl)cc1. The van der Waals surface area contributed by atoms with Gasteiger partial charge in [0.05, 0.1) is 5.25 Å². The second kappa shape index (κ2) is 6.08. The molecule has 2 unspecified atom stereocenters. The van der Waals surface area contributed by atoms with E-state index in [1.165, 1.54) is 5.56 Å². The molecule has 0 saturated carbocycles. The summed E-state index contributed by atoms with van der Waals surface area (Å²) in [6.45, 7) is 0.663. The van der Waals surface area contributed by atoms with Crippen LogP contribution in [0.25, 0.3) is 0 Å². The van der Waals surface area contributed by atoms with Crippen molar-refractivity contribution in [1.29, 1.82) is 0 Å². The summed E-state index contributed by atoms with van der Waals surface area (Å²) >= 11 is 7.73. The van der Waals surface area contributed by atoms with Crippen LogP contribution in [0.1, 0.15) is 17.2 Å². The molecule has 2 N–H and O–H groups in total. The maximum Gasteiger partial charge on any atom is 0.124 e. The first-order valence-electron chi connectivity index (χ1n) is 6.57. The third-order valence-electron chi connectivity index (χ3n) is 3.46. The molecule has 0 bridgehead atoms. The standard InChI is InChI=1S/C16H16ClNOS/c17-12-7-5-11(6-8-12)10-20-15-9-19-14-4-2-1-3-13(14)16(15)18/h1-8,15-16H,9-10,18H2. The van der Waals surface area contributed by atoms with Gasteiger partial charge in [0.1, 0.15) is 12.4 Å². The molecule has 0 aromatic heterocycles. The predicted octanol–water partition coefficient (Wildman–Crippen LogP) is 4.03. The van der Waals surface area contributed by atoms with E-state index in [4.69, 9.17) is 22.1 Å².